The molecule has 0 aliphatic heterocycles. The molecular formula is C13H15N3OS. The minimum atomic E-state index is -0.645. The molecule has 0 saturated carbocycles. The summed E-state index contributed by atoms with van der Waals surface area (Å²) >= 11 is 1.51. The van der Waals surface area contributed by atoms with Crippen LogP contribution in [-0.4, -0.2) is 10.9 Å². The lowest BCUT2D eigenvalue weighted by atomic mass is 10.1. The molecule has 1 amide bonds. The molecule has 3 N–H and O–H groups in total. The third kappa shape index (κ3) is 2.94. The number of carbonyl (C=O) groups excluding carboxylic acids is 1. The van der Waals surface area contributed by atoms with E-state index < -0.39 is 6.04 Å². The van der Waals surface area contributed by atoms with Crippen LogP contribution in [0.5, 0.6) is 0 Å². The van der Waals surface area contributed by atoms with Crippen LogP contribution in [0.1, 0.15) is 29.6 Å². The summed E-state index contributed by atoms with van der Waals surface area (Å²) in [7, 11) is 0. The van der Waals surface area contributed by atoms with Crippen LogP contribution in [0, 0.1) is 0 Å². The van der Waals surface area contributed by atoms with Gasteiger partial charge in [-0.2, -0.15) is 0 Å². The molecule has 94 valence electrons. The Kier molecular flexibility index (Phi) is 4.07. The van der Waals surface area contributed by atoms with E-state index in [1.165, 1.54) is 11.3 Å². The van der Waals surface area contributed by atoms with Gasteiger partial charge in [-0.3, -0.25) is 4.79 Å². The number of nitrogens with one attached hydrogen (secondary N) is 1. The van der Waals surface area contributed by atoms with Gasteiger partial charge in [-0.25, -0.2) is 4.98 Å². The number of nitrogens with two attached hydrogens (primary N) is 1. The third-order valence-corrected chi connectivity index (χ3v) is 3.58. The number of amides is 1. The van der Waals surface area contributed by atoms with Crippen molar-refractivity contribution in [1.29, 1.82) is 0 Å². The molecule has 2 atom stereocenters. The molecule has 0 aliphatic carbocycles. The highest BCUT2D eigenvalue weighted by Gasteiger charge is 2.18. The van der Waals surface area contributed by atoms with Gasteiger partial charge >= 0.3 is 0 Å². The SMILES string of the molecule is CC(NC(=O)C(N)c1ccccc1)c1nccs1. The Labute approximate surface area is 110 Å². The Morgan fingerprint density at radius 2 is 2.11 bits per heavy atom. The largest absolute Gasteiger partial charge is 0.345 e. The van der Waals surface area contributed by atoms with Crippen molar-refractivity contribution in [1.82, 2.24) is 10.3 Å². The maximum atomic E-state index is 12.0. The van der Waals surface area contributed by atoms with Gasteiger partial charge in [0.1, 0.15) is 11.0 Å². The monoisotopic (exact) mass is 261 g/mol. The molecule has 0 fully saturated rings. The predicted molar refractivity (Wildman–Crippen MR) is 72.0 cm³/mol. The normalized spacial score (nSPS) is 13.9. The summed E-state index contributed by atoms with van der Waals surface area (Å²) < 4.78 is 0. The Hall–Kier alpha value is -1.72. The van der Waals surface area contributed by atoms with E-state index in [9.17, 15) is 4.79 Å². The van der Waals surface area contributed by atoms with Gasteiger partial charge in [-0.05, 0) is 12.5 Å². The minimum Gasteiger partial charge on any atom is -0.345 e. The Morgan fingerprint density at radius 3 is 2.72 bits per heavy atom. The van der Waals surface area contributed by atoms with E-state index in [1.807, 2.05) is 42.6 Å². The summed E-state index contributed by atoms with van der Waals surface area (Å²) in [6.07, 6.45) is 1.72. The summed E-state index contributed by atoms with van der Waals surface area (Å²) in [6.45, 7) is 1.90. The standard InChI is InChI=1S/C13H15N3OS/c1-9(13-15-7-8-18-13)16-12(17)11(14)10-5-3-2-4-6-10/h2-9,11H,14H2,1H3,(H,16,17). The second kappa shape index (κ2) is 5.75. The van der Waals surface area contributed by atoms with Crippen molar-refractivity contribution in [3.8, 4) is 0 Å². The van der Waals surface area contributed by atoms with Gasteiger partial charge in [-0.1, -0.05) is 30.3 Å². The highest BCUT2D eigenvalue weighted by atomic mass is 32.1. The lowest BCUT2D eigenvalue weighted by Gasteiger charge is -2.16. The summed E-state index contributed by atoms with van der Waals surface area (Å²) in [5.74, 6) is -0.191. The lowest BCUT2D eigenvalue weighted by Crippen LogP contribution is -2.35. The summed E-state index contributed by atoms with van der Waals surface area (Å²) in [4.78, 5) is 16.2. The average molecular weight is 261 g/mol. The van der Waals surface area contributed by atoms with Crippen LogP contribution in [0.15, 0.2) is 41.9 Å². The smallest absolute Gasteiger partial charge is 0.242 e. The van der Waals surface area contributed by atoms with Crippen molar-refractivity contribution in [2.24, 2.45) is 5.73 Å². The van der Waals surface area contributed by atoms with Crippen molar-refractivity contribution in [2.75, 3.05) is 0 Å². The van der Waals surface area contributed by atoms with E-state index in [0.717, 1.165) is 10.6 Å². The molecule has 2 aromatic rings. The molecular weight excluding hydrogens is 246 g/mol. The van der Waals surface area contributed by atoms with E-state index in [0.29, 0.717) is 0 Å². The highest BCUT2D eigenvalue weighted by molar-refractivity contribution is 7.09. The molecule has 0 aliphatic rings. The van der Waals surface area contributed by atoms with Gasteiger partial charge in [0.05, 0.1) is 6.04 Å². The van der Waals surface area contributed by atoms with Crippen molar-refractivity contribution in [3.63, 3.8) is 0 Å². The maximum Gasteiger partial charge on any atom is 0.242 e. The topological polar surface area (TPSA) is 68.0 Å². The highest BCUT2D eigenvalue weighted by Crippen LogP contribution is 2.16. The van der Waals surface area contributed by atoms with Crippen molar-refractivity contribution in [2.45, 2.75) is 19.0 Å². The first kappa shape index (κ1) is 12.7. The van der Waals surface area contributed by atoms with Gasteiger partial charge in [0, 0.05) is 11.6 Å². The quantitative estimate of drug-likeness (QED) is 0.884. The van der Waals surface area contributed by atoms with Crippen LogP contribution in [0.3, 0.4) is 0 Å². The number of hydrogen-bond acceptors (Lipinski definition) is 4. The summed E-state index contributed by atoms with van der Waals surface area (Å²) in [6, 6.07) is 8.56. The fraction of sp³-hybridized carbons (Fsp3) is 0.231. The number of benzene rings is 1. The Morgan fingerprint density at radius 1 is 1.39 bits per heavy atom. The molecule has 2 rings (SSSR count). The first-order valence-electron chi connectivity index (χ1n) is 5.69. The van der Waals surface area contributed by atoms with Crippen molar-refractivity contribution >= 4 is 17.2 Å². The molecule has 2 unspecified atom stereocenters. The molecule has 0 bridgehead atoms. The predicted octanol–water partition coefficient (Wildman–Crippen LogP) is 2.02. The zero-order valence-corrected chi connectivity index (χ0v) is 10.9. The fourth-order valence-corrected chi connectivity index (χ4v) is 2.27. The van der Waals surface area contributed by atoms with Crippen LogP contribution in [0.25, 0.3) is 0 Å². The maximum absolute atomic E-state index is 12.0. The molecule has 0 saturated heterocycles. The zero-order chi connectivity index (χ0) is 13.0. The van der Waals surface area contributed by atoms with E-state index in [1.54, 1.807) is 6.20 Å². The van der Waals surface area contributed by atoms with Gasteiger partial charge < -0.3 is 11.1 Å². The van der Waals surface area contributed by atoms with Crippen LogP contribution >= 0.6 is 11.3 Å². The first-order chi connectivity index (χ1) is 8.68. The second-order valence-corrected chi connectivity index (χ2v) is 4.92. The third-order valence-electron chi connectivity index (χ3n) is 2.62. The number of carbonyl (C=O) groups is 1. The molecule has 1 aromatic carbocycles. The second-order valence-electron chi connectivity index (χ2n) is 3.99. The van der Waals surface area contributed by atoms with E-state index >= 15 is 0 Å². The number of nitrogens with zero attached hydrogens (tertiary/aromatic N) is 1. The van der Waals surface area contributed by atoms with E-state index in [2.05, 4.69) is 10.3 Å². The number of thiazole rings is 1. The van der Waals surface area contributed by atoms with Crippen LogP contribution < -0.4 is 11.1 Å². The fourth-order valence-electron chi connectivity index (χ4n) is 1.62. The van der Waals surface area contributed by atoms with Gasteiger partial charge in [0.2, 0.25) is 5.91 Å². The number of aromatic nitrogens is 1. The van der Waals surface area contributed by atoms with Gasteiger partial charge in [-0.15, -0.1) is 11.3 Å². The van der Waals surface area contributed by atoms with Crippen molar-refractivity contribution in [3.05, 3.63) is 52.5 Å². The molecule has 1 heterocycles. The average Bonchev–Trinajstić information content (AvgIpc) is 2.92. The molecule has 0 spiro atoms. The summed E-state index contributed by atoms with van der Waals surface area (Å²) in [5.41, 5.74) is 6.72. The molecule has 4 nitrogen and oxygen atoms in total. The summed E-state index contributed by atoms with van der Waals surface area (Å²) in [5, 5.41) is 5.63. The minimum absolute atomic E-state index is 0.118. The van der Waals surface area contributed by atoms with Crippen LogP contribution in [-0.2, 0) is 4.79 Å². The first-order valence-corrected chi connectivity index (χ1v) is 6.56. The van der Waals surface area contributed by atoms with E-state index in [-0.39, 0.29) is 11.9 Å². The molecule has 18 heavy (non-hydrogen) atoms. The molecule has 1 aromatic heterocycles. The number of hydrogen-bond donors (Lipinski definition) is 2. The van der Waals surface area contributed by atoms with Crippen molar-refractivity contribution < 1.29 is 4.79 Å². The Balaban J connectivity index is 2.00. The van der Waals surface area contributed by atoms with Crippen LogP contribution in [0.4, 0.5) is 0 Å². The lowest BCUT2D eigenvalue weighted by molar-refractivity contribution is -0.123. The van der Waals surface area contributed by atoms with E-state index in [4.69, 9.17) is 5.73 Å². The van der Waals surface area contributed by atoms with Crippen LogP contribution in [0.2, 0.25) is 0 Å². The van der Waals surface area contributed by atoms with Gasteiger partial charge in [0.15, 0.2) is 0 Å². The molecule has 5 heteroatoms. The molecule has 0 radical (unpaired) electrons. The number of rotatable bonds is 4. The Bertz CT molecular complexity index is 498. The zero-order valence-electron chi connectivity index (χ0n) is 10.0. The van der Waals surface area contributed by atoms with Gasteiger partial charge in [0.25, 0.3) is 0 Å².